The van der Waals surface area contributed by atoms with Gasteiger partial charge < -0.3 is 15.6 Å². The summed E-state index contributed by atoms with van der Waals surface area (Å²) in [6.45, 7) is 4.33. The molecular weight excluding hydrogens is 182 g/mol. The summed E-state index contributed by atoms with van der Waals surface area (Å²) in [6, 6.07) is 0. The minimum absolute atomic E-state index is 0.0385. The lowest BCUT2D eigenvalue weighted by Crippen LogP contribution is -2.33. The second-order valence-corrected chi connectivity index (χ2v) is 3.72. The van der Waals surface area contributed by atoms with Crippen LogP contribution in [0.4, 0.5) is 4.79 Å². The Bertz CT molecular complexity index is 167. The third-order valence-corrected chi connectivity index (χ3v) is 2.67. The number of hydrogen-bond donors (Lipinski definition) is 2. The van der Waals surface area contributed by atoms with Crippen molar-refractivity contribution >= 4 is 6.09 Å². The van der Waals surface area contributed by atoms with Gasteiger partial charge in [-0.2, -0.15) is 0 Å². The molecule has 4 nitrogen and oxygen atoms in total. The van der Waals surface area contributed by atoms with Crippen LogP contribution < -0.4 is 5.73 Å². The zero-order chi connectivity index (χ0) is 11.0. The maximum absolute atomic E-state index is 10.5. The second kappa shape index (κ2) is 6.65. The number of aliphatic hydroxyl groups is 1. The van der Waals surface area contributed by atoms with Crippen LogP contribution in [-0.4, -0.2) is 24.4 Å². The van der Waals surface area contributed by atoms with E-state index >= 15 is 0 Å². The minimum atomic E-state index is -0.771. The number of primary amides is 1. The molecular formula is C10H21NO3. The van der Waals surface area contributed by atoms with Gasteiger partial charge >= 0.3 is 6.09 Å². The molecule has 0 fully saturated rings. The molecule has 0 aromatic heterocycles. The second-order valence-electron chi connectivity index (χ2n) is 3.72. The van der Waals surface area contributed by atoms with Gasteiger partial charge in [0.15, 0.2) is 0 Å². The van der Waals surface area contributed by atoms with Crippen LogP contribution in [0.1, 0.15) is 39.5 Å². The van der Waals surface area contributed by atoms with Crippen LogP contribution in [0.5, 0.6) is 0 Å². The van der Waals surface area contributed by atoms with Gasteiger partial charge in [-0.25, -0.2) is 4.79 Å². The van der Waals surface area contributed by atoms with Gasteiger partial charge in [0.1, 0.15) is 6.61 Å². The van der Waals surface area contributed by atoms with Crippen molar-refractivity contribution in [2.75, 3.05) is 13.2 Å². The van der Waals surface area contributed by atoms with Gasteiger partial charge in [0.2, 0.25) is 0 Å². The minimum Gasteiger partial charge on any atom is -0.449 e. The van der Waals surface area contributed by atoms with Crippen molar-refractivity contribution in [2.45, 2.75) is 39.5 Å². The molecule has 0 bridgehead atoms. The standard InChI is InChI=1S/C10H21NO3/c1-3-5-6-10(4-2,7-12)8-14-9(11)13/h12H,3-8H2,1-2H3,(H2,11,13)/t10-/m1/s1. The molecule has 0 radical (unpaired) electrons. The number of rotatable bonds is 7. The molecule has 3 N–H and O–H groups in total. The van der Waals surface area contributed by atoms with Crippen molar-refractivity contribution in [2.24, 2.45) is 11.1 Å². The zero-order valence-corrected chi connectivity index (χ0v) is 9.08. The lowest BCUT2D eigenvalue weighted by Gasteiger charge is -2.29. The molecule has 4 heteroatoms. The summed E-state index contributed by atoms with van der Waals surface area (Å²) < 4.78 is 4.77. The molecule has 0 aromatic rings. The fourth-order valence-electron chi connectivity index (χ4n) is 1.36. The van der Waals surface area contributed by atoms with Crippen molar-refractivity contribution in [3.8, 4) is 0 Å². The van der Waals surface area contributed by atoms with E-state index in [0.29, 0.717) is 0 Å². The van der Waals surface area contributed by atoms with Gasteiger partial charge in [0.25, 0.3) is 0 Å². The molecule has 0 saturated heterocycles. The van der Waals surface area contributed by atoms with Crippen LogP contribution in [0, 0.1) is 5.41 Å². The SMILES string of the molecule is CCCC[C@](CC)(CO)COC(N)=O. The summed E-state index contributed by atoms with van der Waals surface area (Å²) in [6.07, 6.45) is 2.97. The maximum atomic E-state index is 10.5. The van der Waals surface area contributed by atoms with E-state index in [1.165, 1.54) is 0 Å². The Morgan fingerprint density at radius 3 is 2.50 bits per heavy atom. The fraction of sp³-hybridized carbons (Fsp3) is 0.900. The maximum Gasteiger partial charge on any atom is 0.404 e. The number of unbranched alkanes of at least 4 members (excludes halogenated alkanes) is 1. The highest BCUT2D eigenvalue weighted by atomic mass is 16.5. The van der Waals surface area contributed by atoms with Gasteiger partial charge in [-0.3, -0.25) is 0 Å². The highest BCUT2D eigenvalue weighted by molar-refractivity contribution is 5.64. The van der Waals surface area contributed by atoms with E-state index in [-0.39, 0.29) is 18.6 Å². The molecule has 0 unspecified atom stereocenters. The predicted octanol–water partition coefficient (Wildman–Crippen LogP) is 1.66. The van der Waals surface area contributed by atoms with Gasteiger partial charge in [-0.1, -0.05) is 26.7 Å². The number of nitrogens with two attached hydrogens (primary N) is 1. The largest absolute Gasteiger partial charge is 0.449 e. The number of ether oxygens (including phenoxy) is 1. The molecule has 1 atom stereocenters. The molecule has 0 aromatic carbocycles. The van der Waals surface area contributed by atoms with Crippen LogP contribution in [0.3, 0.4) is 0 Å². The topological polar surface area (TPSA) is 72.6 Å². The van der Waals surface area contributed by atoms with Crippen LogP contribution in [0.25, 0.3) is 0 Å². The molecule has 84 valence electrons. The normalized spacial score (nSPS) is 14.8. The van der Waals surface area contributed by atoms with Crippen molar-refractivity contribution in [1.29, 1.82) is 0 Å². The van der Waals surface area contributed by atoms with Gasteiger partial charge in [0, 0.05) is 5.41 Å². The first-order chi connectivity index (χ1) is 6.60. The highest BCUT2D eigenvalue weighted by Crippen LogP contribution is 2.28. The molecule has 0 rings (SSSR count). The van der Waals surface area contributed by atoms with Gasteiger partial charge in [-0.15, -0.1) is 0 Å². The lowest BCUT2D eigenvalue weighted by atomic mass is 9.82. The summed E-state index contributed by atoms with van der Waals surface area (Å²) in [5.74, 6) is 0. The number of carbonyl (C=O) groups excluding carboxylic acids is 1. The van der Waals surface area contributed by atoms with E-state index in [0.717, 1.165) is 25.7 Å². The van der Waals surface area contributed by atoms with Gasteiger partial charge in [-0.05, 0) is 12.8 Å². The Labute approximate surface area is 85.4 Å². The van der Waals surface area contributed by atoms with Crippen molar-refractivity contribution in [1.82, 2.24) is 0 Å². The van der Waals surface area contributed by atoms with Crippen molar-refractivity contribution < 1.29 is 14.6 Å². The molecule has 0 spiro atoms. The Hall–Kier alpha value is -0.770. The Morgan fingerprint density at radius 2 is 2.14 bits per heavy atom. The van der Waals surface area contributed by atoms with Gasteiger partial charge in [0.05, 0.1) is 6.61 Å². The van der Waals surface area contributed by atoms with Crippen LogP contribution in [0.2, 0.25) is 0 Å². The summed E-state index contributed by atoms with van der Waals surface area (Å²) in [7, 11) is 0. The van der Waals surface area contributed by atoms with E-state index in [4.69, 9.17) is 10.5 Å². The van der Waals surface area contributed by atoms with E-state index in [2.05, 4.69) is 6.92 Å². The average molecular weight is 203 g/mol. The molecule has 14 heavy (non-hydrogen) atoms. The van der Waals surface area contributed by atoms with Crippen LogP contribution in [0.15, 0.2) is 0 Å². The Balaban J connectivity index is 4.13. The summed E-state index contributed by atoms with van der Waals surface area (Å²) in [4.78, 5) is 10.5. The first-order valence-electron chi connectivity index (χ1n) is 5.13. The molecule has 0 saturated carbocycles. The van der Waals surface area contributed by atoms with E-state index in [9.17, 15) is 9.90 Å². The Kier molecular flexibility index (Phi) is 6.28. The van der Waals surface area contributed by atoms with E-state index in [1.54, 1.807) is 0 Å². The summed E-state index contributed by atoms with van der Waals surface area (Å²) >= 11 is 0. The lowest BCUT2D eigenvalue weighted by molar-refractivity contribution is 0.0303. The molecule has 0 aliphatic carbocycles. The smallest absolute Gasteiger partial charge is 0.404 e. The molecule has 1 amide bonds. The fourth-order valence-corrected chi connectivity index (χ4v) is 1.36. The van der Waals surface area contributed by atoms with E-state index < -0.39 is 6.09 Å². The quantitative estimate of drug-likeness (QED) is 0.661. The number of hydrogen-bond acceptors (Lipinski definition) is 3. The van der Waals surface area contributed by atoms with Crippen molar-refractivity contribution in [3.63, 3.8) is 0 Å². The molecule has 0 aliphatic rings. The average Bonchev–Trinajstić information content (AvgIpc) is 2.19. The van der Waals surface area contributed by atoms with Crippen LogP contribution >= 0.6 is 0 Å². The molecule has 0 heterocycles. The van der Waals surface area contributed by atoms with Crippen LogP contribution in [-0.2, 0) is 4.74 Å². The predicted molar refractivity (Wildman–Crippen MR) is 54.9 cm³/mol. The third kappa shape index (κ3) is 4.46. The van der Waals surface area contributed by atoms with E-state index in [1.807, 2.05) is 6.92 Å². The first kappa shape index (κ1) is 13.2. The number of carbonyl (C=O) groups is 1. The Morgan fingerprint density at radius 1 is 1.50 bits per heavy atom. The highest BCUT2D eigenvalue weighted by Gasteiger charge is 2.28. The first-order valence-corrected chi connectivity index (χ1v) is 5.13. The number of amides is 1. The summed E-state index contributed by atoms with van der Waals surface area (Å²) in [5.41, 5.74) is 4.59. The van der Waals surface area contributed by atoms with Crippen molar-refractivity contribution in [3.05, 3.63) is 0 Å². The third-order valence-electron chi connectivity index (χ3n) is 2.67. The summed E-state index contributed by atoms with van der Waals surface area (Å²) in [5, 5.41) is 9.28. The molecule has 0 aliphatic heterocycles. The monoisotopic (exact) mass is 203 g/mol. The number of aliphatic hydroxyl groups excluding tert-OH is 1. The zero-order valence-electron chi connectivity index (χ0n) is 9.08.